The van der Waals surface area contributed by atoms with Gasteiger partial charge in [0.05, 0.1) is 12.3 Å². The predicted octanol–water partition coefficient (Wildman–Crippen LogP) is 2.57. The van der Waals surface area contributed by atoms with Gasteiger partial charge >= 0.3 is 5.97 Å². The van der Waals surface area contributed by atoms with Gasteiger partial charge < -0.3 is 9.30 Å². The van der Waals surface area contributed by atoms with Crippen LogP contribution in [-0.4, -0.2) is 26.9 Å². The van der Waals surface area contributed by atoms with Gasteiger partial charge in [-0.1, -0.05) is 32.0 Å². The van der Waals surface area contributed by atoms with E-state index in [-0.39, 0.29) is 24.6 Å². The largest absolute Gasteiger partial charge is 0.465 e. The van der Waals surface area contributed by atoms with Crippen LogP contribution in [0.4, 0.5) is 0 Å². The number of aromatic nitrogens is 3. The average Bonchev–Trinajstić information content (AvgIpc) is 2.84. The second kappa shape index (κ2) is 6.11. The van der Waals surface area contributed by atoms with Crippen molar-refractivity contribution in [1.82, 2.24) is 14.3 Å². The molecule has 6 nitrogen and oxygen atoms in total. The van der Waals surface area contributed by atoms with Crippen LogP contribution in [0.3, 0.4) is 0 Å². The first kappa shape index (κ1) is 16.2. The lowest BCUT2D eigenvalue weighted by Gasteiger charge is -2.11. The lowest BCUT2D eigenvalue weighted by Crippen LogP contribution is -2.30. The number of nitrogens with zero attached hydrogens (tertiary/aromatic N) is 3. The van der Waals surface area contributed by atoms with Crippen LogP contribution in [0, 0.1) is 0 Å². The van der Waals surface area contributed by atoms with Gasteiger partial charge in [-0.05, 0) is 18.9 Å². The third-order valence-electron chi connectivity index (χ3n) is 4.16. The zero-order chi connectivity index (χ0) is 17.4. The summed E-state index contributed by atoms with van der Waals surface area (Å²) in [6.45, 7) is 5.90. The van der Waals surface area contributed by atoms with Crippen LogP contribution in [-0.2, 0) is 23.1 Å². The molecule has 0 unspecified atom stereocenters. The lowest BCUT2D eigenvalue weighted by atomic mass is 10.0. The fourth-order valence-electron chi connectivity index (χ4n) is 3.09. The highest BCUT2D eigenvalue weighted by Gasteiger charge is 2.21. The molecule has 0 aliphatic heterocycles. The van der Waals surface area contributed by atoms with Gasteiger partial charge in [0, 0.05) is 23.3 Å². The maximum atomic E-state index is 12.9. The number of aryl methyl sites for hydroxylation is 1. The second-order valence-electron chi connectivity index (χ2n) is 6.11. The molecule has 0 aliphatic carbocycles. The molecule has 0 fully saturated rings. The Morgan fingerprint density at radius 1 is 1.29 bits per heavy atom. The Balaban J connectivity index is 2.36. The van der Waals surface area contributed by atoms with E-state index in [9.17, 15) is 9.59 Å². The smallest absolute Gasteiger partial charge is 0.327 e. The average molecular weight is 327 g/mol. The van der Waals surface area contributed by atoms with Gasteiger partial charge in [-0.2, -0.15) is 5.10 Å². The summed E-state index contributed by atoms with van der Waals surface area (Å²) in [5.74, 6) is -0.340. The molecular formula is C18H21N3O3. The molecular weight excluding hydrogens is 306 g/mol. The zero-order valence-corrected chi connectivity index (χ0v) is 14.4. The van der Waals surface area contributed by atoms with Crippen molar-refractivity contribution in [1.29, 1.82) is 0 Å². The van der Waals surface area contributed by atoms with E-state index in [1.807, 2.05) is 49.7 Å². The molecule has 0 bridgehead atoms. The number of hydrogen-bond donors (Lipinski definition) is 0. The van der Waals surface area contributed by atoms with E-state index >= 15 is 0 Å². The molecule has 126 valence electrons. The fourth-order valence-corrected chi connectivity index (χ4v) is 3.09. The summed E-state index contributed by atoms with van der Waals surface area (Å²) in [7, 11) is 1.87. The standard InChI is InChI=1S/C18H21N3O3/c1-5-24-14(22)10-21-18(23)17-15(16(19-21)11(2)3)12-8-6-7-9-13(12)20(17)4/h6-9,11H,5,10H2,1-4H3. The van der Waals surface area contributed by atoms with E-state index in [4.69, 9.17) is 4.74 Å². The molecule has 0 radical (unpaired) electrons. The number of ether oxygens (including phenoxy) is 1. The zero-order valence-electron chi connectivity index (χ0n) is 14.4. The normalized spacial score (nSPS) is 11.5. The van der Waals surface area contributed by atoms with Crippen molar-refractivity contribution in [3.8, 4) is 0 Å². The Kier molecular flexibility index (Phi) is 4.13. The summed E-state index contributed by atoms with van der Waals surface area (Å²) in [6.07, 6.45) is 0. The molecule has 0 amide bonds. The molecule has 0 atom stereocenters. The molecule has 0 N–H and O–H groups in total. The minimum absolute atomic E-state index is 0.118. The summed E-state index contributed by atoms with van der Waals surface area (Å²) >= 11 is 0. The molecule has 6 heteroatoms. The lowest BCUT2D eigenvalue weighted by molar-refractivity contribution is -0.144. The molecule has 0 spiro atoms. The quantitative estimate of drug-likeness (QED) is 0.691. The highest BCUT2D eigenvalue weighted by molar-refractivity contribution is 6.09. The maximum absolute atomic E-state index is 12.9. The molecule has 0 aliphatic rings. The van der Waals surface area contributed by atoms with Gasteiger partial charge in [0.15, 0.2) is 0 Å². The summed E-state index contributed by atoms with van der Waals surface area (Å²) < 4.78 is 8.05. The van der Waals surface area contributed by atoms with Crippen molar-refractivity contribution in [2.45, 2.75) is 33.2 Å². The van der Waals surface area contributed by atoms with E-state index in [1.165, 1.54) is 4.68 Å². The van der Waals surface area contributed by atoms with E-state index in [2.05, 4.69) is 5.10 Å². The molecule has 0 saturated heterocycles. The van der Waals surface area contributed by atoms with Crippen molar-refractivity contribution in [3.63, 3.8) is 0 Å². The van der Waals surface area contributed by atoms with E-state index in [0.717, 1.165) is 22.0 Å². The Hall–Kier alpha value is -2.63. The Bertz CT molecular complexity index is 982. The second-order valence-corrected chi connectivity index (χ2v) is 6.11. The summed E-state index contributed by atoms with van der Waals surface area (Å²) in [5.41, 5.74) is 2.08. The molecule has 0 saturated carbocycles. The first-order valence-electron chi connectivity index (χ1n) is 8.09. The number of carbonyl (C=O) groups excluding carboxylic acids is 1. The number of esters is 1. The predicted molar refractivity (Wildman–Crippen MR) is 93.2 cm³/mol. The van der Waals surface area contributed by atoms with Crippen molar-refractivity contribution in [2.24, 2.45) is 7.05 Å². The summed E-state index contributed by atoms with van der Waals surface area (Å²) in [6, 6.07) is 7.88. The van der Waals surface area contributed by atoms with Crippen LogP contribution in [0.25, 0.3) is 21.8 Å². The Morgan fingerprint density at radius 3 is 2.67 bits per heavy atom. The molecule has 3 rings (SSSR count). The molecule has 2 aromatic heterocycles. The highest BCUT2D eigenvalue weighted by Crippen LogP contribution is 2.30. The minimum Gasteiger partial charge on any atom is -0.465 e. The van der Waals surface area contributed by atoms with E-state index < -0.39 is 5.97 Å². The molecule has 3 aromatic rings. The number of benzene rings is 1. The molecule has 2 heterocycles. The van der Waals surface area contributed by atoms with Crippen molar-refractivity contribution in [3.05, 3.63) is 40.3 Å². The van der Waals surface area contributed by atoms with Gasteiger partial charge in [-0.3, -0.25) is 9.59 Å². The van der Waals surface area contributed by atoms with Gasteiger partial charge in [0.1, 0.15) is 12.1 Å². The summed E-state index contributed by atoms with van der Waals surface area (Å²) in [4.78, 5) is 24.7. The van der Waals surface area contributed by atoms with Crippen LogP contribution >= 0.6 is 0 Å². The van der Waals surface area contributed by atoms with Gasteiger partial charge in [0.2, 0.25) is 0 Å². The third kappa shape index (κ3) is 2.48. The maximum Gasteiger partial charge on any atom is 0.327 e. The van der Waals surface area contributed by atoms with Crippen LogP contribution in [0.5, 0.6) is 0 Å². The van der Waals surface area contributed by atoms with Crippen molar-refractivity contribution >= 4 is 27.8 Å². The number of para-hydroxylation sites is 1. The summed E-state index contributed by atoms with van der Waals surface area (Å²) in [5, 5.41) is 6.35. The van der Waals surface area contributed by atoms with Crippen molar-refractivity contribution in [2.75, 3.05) is 6.61 Å². The third-order valence-corrected chi connectivity index (χ3v) is 4.16. The molecule has 1 aromatic carbocycles. The van der Waals surface area contributed by atoms with E-state index in [1.54, 1.807) is 6.92 Å². The van der Waals surface area contributed by atoms with Gasteiger partial charge in [0.25, 0.3) is 5.56 Å². The SMILES string of the molecule is CCOC(=O)Cn1nc(C(C)C)c2c3ccccc3n(C)c2c1=O. The monoisotopic (exact) mass is 327 g/mol. The first-order valence-corrected chi connectivity index (χ1v) is 8.09. The van der Waals surface area contributed by atoms with Gasteiger partial charge in [-0.25, -0.2) is 4.68 Å². The van der Waals surface area contributed by atoms with Crippen LogP contribution in [0.1, 0.15) is 32.4 Å². The number of fused-ring (bicyclic) bond motifs is 3. The topological polar surface area (TPSA) is 66.1 Å². The van der Waals surface area contributed by atoms with Crippen LogP contribution in [0.2, 0.25) is 0 Å². The highest BCUT2D eigenvalue weighted by atomic mass is 16.5. The van der Waals surface area contributed by atoms with Gasteiger partial charge in [-0.15, -0.1) is 0 Å². The molecule has 24 heavy (non-hydrogen) atoms. The number of rotatable bonds is 4. The fraction of sp³-hybridized carbons (Fsp3) is 0.389. The Labute approximate surface area is 139 Å². The van der Waals surface area contributed by atoms with Crippen LogP contribution in [0.15, 0.2) is 29.1 Å². The number of carbonyl (C=O) groups is 1. The Morgan fingerprint density at radius 2 is 2.00 bits per heavy atom. The first-order chi connectivity index (χ1) is 11.5. The number of hydrogen-bond acceptors (Lipinski definition) is 4. The van der Waals surface area contributed by atoms with E-state index in [0.29, 0.717) is 5.52 Å². The van der Waals surface area contributed by atoms with Crippen LogP contribution < -0.4 is 5.56 Å². The minimum atomic E-state index is -0.458. The van der Waals surface area contributed by atoms with Crippen molar-refractivity contribution < 1.29 is 9.53 Å².